The lowest BCUT2D eigenvalue weighted by atomic mass is 10.1. The van der Waals surface area contributed by atoms with Gasteiger partial charge in [-0.2, -0.15) is 0 Å². The van der Waals surface area contributed by atoms with Crippen LogP contribution in [0.4, 0.5) is 10.5 Å². The Bertz CT molecular complexity index is 489. The summed E-state index contributed by atoms with van der Waals surface area (Å²) < 4.78 is 0. The van der Waals surface area contributed by atoms with Crippen molar-refractivity contribution in [1.82, 2.24) is 5.32 Å². The molecule has 0 aliphatic heterocycles. The second kappa shape index (κ2) is 6.43. The number of hydrogen-bond donors (Lipinski definition) is 3. The largest absolute Gasteiger partial charge is 0.478 e. The minimum absolute atomic E-state index is 0.0197. The van der Waals surface area contributed by atoms with Crippen LogP contribution in [-0.4, -0.2) is 23.1 Å². The SMILES string of the molecule is CC(C)C(C)NC(=O)Nc1ccc(Cl)c(C(=O)O)c1. The molecule has 1 rings (SSSR count). The van der Waals surface area contributed by atoms with E-state index >= 15 is 0 Å². The molecule has 1 unspecified atom stereocenters. The van der Waals surface area contributed by atoms with Crippen LogP contribution in [0.5, 0.6) is 0 Å². The van der Waals surface area contributed by atoms with E-state index in [-0.39, 0.29) is 22.7 Å². The molecule has 3 N–H and O–H groups in total. The van der Waals surface area contributed by atoms with Gasteiger partial charge in [-0.1, -0.05) is 25.4 Å². The first-order valence-electron chi connectivity index (χ1n) is 5.91. The molecule has 104 valence electrons. The van der Waals surface area contributed by atoms with Crippen molar-refractivity contribution >= 4 is 29.3 Å². The molecule has 1 aromatic rings. The lowest BCUT2D eigenvalue weighted by Crippen LogP contribution is -2.39. The smallest absolute Gasteiger partial charge is 0.337 e. The quantitative estimate of drug-likeness (QED) is 0.794. The fraction of sp³-hybridized carbons (Fsp3) is 0.385. The summed E-state index contributed by atoms with van der Waals surface area (Å²) in [5.74, 6) is -0.824. The van der Waals surface area contributed by atoms with E-state index in [2.05, 4.69) is 10.6 Å². The zero-order chi connectivity index (χ0) is 14.6. The molecule has 0 aliphatic rings. The molecule has 19 heavy (non-hydrogen) atoms. The van der Waals surface area contributed by atoms with Crippen LogP contribution >= 0.6 is 11.6 Å². The van der Waals surface area contributed by atoms with Crippen LogP contribution in [0.15, 0.2) is 18.2 Å². The van der Waals surface area contributed by atoms with Gasteiger partial charge in [-0.15, -0.1) is 0 Å². The van der Waals surface area contributed by atoms with E-state index in [0.717, 1.165) is 0 Å². The summed E-state index contributed by atoms with van der Waals surface area (Å²) in [5, 5.41) is 14.4. The Balaban J connectivity index is 2.75. The van der Waals surface area contributed by atoms with Gasteiger partial charge in [0.2, 0.25) is 0 Å². The zero-order valence-electron chi connectivity index (χ0n) is 11.0. The summed E-state index contributed by atoms with van der Waals surface area (Å²) >= 11 is 5.74. The summed E-state index contributed by atoms with van der Waals surface area (Å²) in [6, 6.07) is 3.96. The van der Waals surface area contributed by atoms with Crippen molar-refractivity contribution in [3.63, 3.8) is 0 Å². The first-order valence-corrected chi connectivity index (χ1v) is 6.29. The fourth-order valence-electron chi connectivity index (χ4n) is 1.31. The van der Waals surface area contributed by atoms with Gasteiger partial charge in [0, 0.05) is 11.7 Å². The van der Waals surface area contributed by atoms with E-state index in [1.165, 1.54) is 12.1 Å². The highest BCUT2D eigenvalue weighted by Crippen LogP contribution is 2.20. The highest BCUT2D eigenvalue weighted by molar-refractivity contribution is 6.33. The van der Waals surface area contributed by atoms with Gasteiger partial charge in [-0.05, 0) is 31.0 Å². The van der Waals surface area contributed by atoms with Gasteiger partial charge in [-0.25, -0.2) is 9.59 Å². The molecule has 0 spiro atoms. The van der Waals surface area contributed by atoms with Crippen LogP contribution in [0.25, 0.3) is 0 Å². The maximum absolute atomic E-state index is 11.7. The Hall–Kier alpha value is -1.75. The Labute approximate surface area is 117 Å². The molecule has 0 saturated carbocycles. The molecular formula is C13H17ClN2O3. The van der Waals surface area contributed by atoms with Crippen LogP contribution in [0.3, 0.4) is 0 Å². The molecule has 5 nitrogen and oxygen atoms in total. The number of carbonyl (C=O) groups excluding carboxylic acids is 1. The van der Waals surface area contributed by atoms with Crippen LogP contribution < -0.4 is 10.6 Å². The third kappa shape index (κ3) is 4.44. The van der Waals surface area contributed by atoms with Crippen molar-refractivity contribution in [2.45, 2.75) is 26.8 Å². The zero-order valence-corrected chi connectivity index (χ0v) is 11.8. The number of urea groups is 1. The van der Waals surface area contributed by atoms with Crippen molar-refractivity contribution in [3.05, 3.63) is 28.8 Å². The van der Waals surface area contributed by atoms with Gasteiger partial charge in [0.25, 0.3) is 0 Å². The third-order valence-electron chi connectivity index (χ3n) is 2.81. The molecule has 0 bridgehead atoms. The summed E-state index contributed by atoms with van der Waals surface area (Å²) in [7, 11) is 0. The van der Waals surface area contributed by atoms with Crippen LogP contribution in [0.2, 0.25) is 5.02 Å². The van der Waals surface area contributed by atoms with E-state index in [4.69, 9.17) is 16.7 Å². The Kier molecular flexibility index (Phi) is 5.18. The number of rotatable bonds is 4. The summed E-state index contributed by atoms with van der Waals surface area (Å²) in [5.41, 5.74) is 0.339. The minimum Gasteiger partial charge on any atom is -0.478 e. The molecule has 0 radical (unpaired) electrons. The third-order valence-corrected chi connectivity index (χ3v) is 3.14. The van der Waals surface area contributed by atoms with Gasteiger partial charge in [0.15, 0.2) is 0 Å². The Morgan fingerprint density at radius 3 is 2.42 bits per heavy atom. The fourth-order valence-corrected chi connectivity index (χ4v) is 1.51. The predicted octanol–water partition coefficient (Wildman–Crippen LogP) is 3.20. The van der Waals surface area contributed by atoms with Crippen molar-refractivity contribution in [2.75, 3.05) is 5.32 Å². The minimum atomic E-state index is -1.13. The van der Waals surface area contributed by atoms with Crippen molar-refractivity contribution < 1.29 is 14.7 Å². The van der Waals surface area contributed by atoms with Crippen molar-refractivity contribution in [2.24, 2.45) is 5.92 Å². The van der Waals surface area contributed by atoms with Crippen LogP contribution in [-0.2, 0) is 0 Å². The first-order chi connectivity index (χ1) is 8.81. The standard InChI is InChI=1S/C13H17ClN2O3/c1-7(2)8(3)15-13(19)16-9-4-5-11(14)10(6-9)12(17)18/h4-8H,1-3H3,(H,17,18)(H2,15,16,19). The highest BCUT2D eigenvalue weighted by atomic mass is 35.5. The monoisotopic (exact) mass is 284 g/mol. The maximum Gasteiger partial charge on any atom is 0.337 e. The average Bonchev–Trinajstić information content (AvgIpc) is 2.30. The number of anilines is 1. The molecule has 0 heterocycles. The Morgan fingerprint density at radius 2 is 1.89 bits per heavy atom. The number of carbonyl (C=O) groups is 2. The van der Waals surface area contributed by atoms with E-state index in [1.807, 2.05) is 20.8 Å². The van der Waals surface area contributed by atoms with Gasteiger partial charge < -0.3 is 15.7 Å². The second-order valence-electron chi connectivity index (χ2n) is 4.63. The molecule has 1 atom stereocenters. The lowest BCUT2D eigenvalue weighted by Gasteiger charge is -2.18. The van der Waals surface area contributed by atoms with Gasteiger partial charge in [0.1, 0.15) is 0 Å². The maximum atomic E-state index is 11.7. The molecule has 6 heteroatoms. The number of carboxylic acid groups (broad SMARTS) is 1. The molecule has 0 aromatic heterocycles. The number of nitrogens with one attached hydrogen (secondary N) is 2. The molecule has 0 aliphatic carbocycles. The van der Waals surface area contributed by atoms with E-state index in [9.17, 15) is 9.59 Å². The molecule has 1 aromatic carbocycles. The number of halogens is 1. The summed E-state index contributed by atoms with van der Waals surface area (Å²) in [4.78, 5) is 22.6. The van der Waals surface area contributed by atoms with Gasteiger partial charge in [-0.3, -0.25) is 0 Å². The topological polar surface area (TPSA) is 78.4 Å². The molecule has 2 amide bonds. The number of hydrogen-bond acceptors (Lipinski definition) is 2. The van der Waals surface area contributed by atoms with Gasteiger partial charge in [0.05, 0.1) is 10.6 Å². The van der Waals surface area contributed by atoms with Crippen LogP contribution in [0.1, 0.15) is 31.1 Å². The van der Waals surface area contributed by atoms with Crippen LogP contribution in [0, 0.1) is 5.92 Å². The van der Waals surface area contributed by atoms with Crippen molar-refractivity contribution in [1.29, 1.82) is 0 Å². The average molecular weight is 285 g/mol. The van der Waals surface area contributed by atoms with Crippen molar-refractivity contribution in [3.8, 4) is 0 Å². The van der Waals surface area contributed by atoms with E-state index in [0.29, 0.717) is 11.6 Å². The second-order valence-corrected chi connectivity index (χ2v) is 5.04. The van der Waals surface area contributed by atoms with E-state index in [1.54, 1.807) is 6.07 Å². The number of amides is 2. The molecule has 0 fully saturated rings. The number of aromatic carboxylic acids is 1. The summed E-state index contributed by atoms with van der Waals surface area (Å²) in [6.07, 6.45) is 0. The first kappa shape index (κ1) is 15.3. The normalized spacial score (nSPS) is 12.1. The molecule has 0 saturated heterocycles. The Morgan fingerprint density at radius 1 is 1.26 bits per heavy atom. The number of carboxylic acids is 1. The summed E-state index contributed by atoms with van der Waals surface area (Å²) in [6.45, 7) is 5.89. The van der Waals surface area contributed by atoms with E-state index < -0.39 is 5.97 Å². The predicted molar refractivity (Wildman–Crippen MR) is 74.9 cm³/mol. The molecular weight excluding hydrogens is 268 g/mol. The lowest BCUT2D eigenvalue weighted by molar-refractivity contribution is 0.0697. The highest BCUT2D eigenvalue weighted by Gasteiger charge is 2.13. The number of benzene rings is 1. The van der Waals surface area contributed by atoms with Gasteiger partial charge >= 0.3 is 12.0 Å².